The molecule has 1 aromatic heterocycles. The predicted molar refractivity (Wildman–Crippen MR) is 103 cm³/mol. The first kappa shape index (κ1) is 17.6. The third kappa shape index (κ3) is 4.67. The van der Waals surface area contributed by atoms with Gasteiger partial charge in [0.2, 0.25) is 5.91 Å². The molecule has 6 heteroatoms. The zero-order chi connectivity index (χ0) is 17.6. The lowest BCUT2D eigenvalue weighted by Gasteiger charge is -2.18. The summed E-state index contributed by atoms with van der Waals surface area (Å²) in [5, 5.41) is 7.83. The minimum Gasteiger partial charge on any atom is -0.374 e. The molecule has 0 aliphatic carbocycles. The fraction of sp³-hybridized carbons (Fsp3) is 0.105. The molecular formula is C19H16BrFN2OS. The minimum absolute atomic E-state index is 0.00669. The SMILES string of the molecule is O=C(CNc1ccc(Br)cc1F)N[C@H](c1ccccc1)c1cccs1. The van der Waals surface area contributed by atoms with Gasteiger partial charge in [0.1, 0.15) is 5.82 Å². The summed E-state index contributed by atoms with van der Waals surface area (Å²) >= 11 is 4.80. The Balaban J connectivity index is 1.68. The second-order valence-electron chi connectivity index (χ2n) is 5.40. The molecule has 0 saturated heterocycles. The Morgan fingerprint density at radius 2 is 1.92 bits per heavy atom. The monoisotopic (exact) mass is 418 g/mol. The number of hydrogen-bond donors (Lipinski definition) is 2. The maximum Gasteiger partial charge on any atom is 0.240 e. The lowest BCUT2D eigenvalue weighted by molar-refractivity contribution is -0.119. The quantitative estimate of drug-likeness (QED) is 0.593. The Bertz CT molecular complexity index is 840. The standard InChI is InChI=1S/C19H16BrFN2OS/c20-14-8-9-16(15(21)11-14)22-12-18(24)23-19(17-7-4-10-25-17)13-5-2-1-3-6-13/h1-11,19,22H,12H2,(H,23,24)/t19-/m1/s1. The molecule has 0 saturated carbocycles. The van der Waals surface area contributed by atoms with Crippen LogP contribution in [0.4, 0.5) is 10.1 Å². The lowest BCUT2D eigenvalue weighted by Crippen LogP contribution is -2.33. The summed E-state index contributed by atoms with van der Waals surface area (Å²) in [6, 6.07) is 18.2. The number of hydrogen-bond acceptors (Lipinski definition) is 3. The van der Waals surface area contributed by atoms with E-state index in [-0.39, 0.29) is 18.5 Å². The summed E-state index contributed by atoms with van der Waals surface area (Å²) in [7, 11) is 0. The molecule has 0 spiro atoms. The highest BCUT2D eigenvalue weighted by Crippen LogP contribution is 2.26. The van der Waals surface area contributed by atoms with E-state index in [1.54, 1.807) is 23.5 Å². The van der Waals surface area contributed by atoms with Crippen molar-refractivity contribution in [1.82, 2.24) is 5.32 Å². The van der Waals surface area contributed by atoms with Gasteiger partial charge in [-0.2, -0.15) is 0 Å². The molecule has 0 aliphatic rings. The van der Waals surface area contributed by atoms with Crippen LogP contribution in [0.1, 0.15) is 16.5 Å². The fourth-order valence-corrected chi connectivity index (χ4v) is 3.58. The van der Waals surface area contributed by atoms with E-state index in [4.69, 9.17) is 0 Å². The molecule has 25 heavy (non-hydrogen) atoms. The first-order chi connectivity index (χ1) is 12.1. The molecule has 3 aromatic rings. The van der Waals surface area contributed by atoms with Crippen LogP contribution in [-0.2, 0) is 4.79 Å². The first-order valence-electron chi connectivity index (χ1n) is 7.70. The van der Waals surface area contributed by atoms with Crippen LogP contribution in [0.5, 0.6) is 0 Å². The summed E-state index contributed by atoms with van der Waals surface area (Å²) in [4.78, 5) is 13.4. The van der Waals surface area contributed by atoms with Crippen LogP contribution in [0.2, 0.25) is 0 Å². The normalized spacial score (nSPS) is 11.8. The molecule has 1 heterocycles. The molecular weight excluding hydrogens is 403 g/mol. The van der Waals surface area contributed by atoms with Crippen molar-refractivity contribution in [2.45, 2.75) is 6.04 Å². The van der Waals surface area contributed by atoms with Crippen LogP contribution < -0.4 is 10.6 Å². The summed E-state index contributed by atoms with van der Waals surface area (Å²) < 4.78 is 14.5. The number of halogens is 2. The molecule has 3 rings (SSSR count). The number of amides is 1. The van der Waals surface area contributed by atoms with Gasteiger partial charge in [-0.3, -0.25) is 4.79 Å². The molecule has 3 nitrogen and oxygen atoms in total. The maximum absolute atomic E-state index is 13.8. The van der Waals surface area contributed by atoms with Gasteiger partial charge in [-0.15, -0.1) is 11.3 Å². The van der Waals surface area contributed by atoms with Crippen LogP contribution in [0.15, 0.2) is 70.5 Å². The summed E-state index contributed by atoms with van der Waals surface area (Å²) in [6.07, 6.45) is 0. The number of nitrogens with one attached hydrogen (secondary N) is 2. The topological polar surface area (TPSA) is 41.1 Å². The molecule has 0 aliphatic heterocycles. The Labute approximate surface area is 158 Å². The van der Waals surface area contributed by atoms with E-state index in [2.05, 4.69) is 26.6 Å². The third-order valence-electron chi connectivity index (χ3n) is 3.64. The van der Waals surface area contributed by atoms with Crippen molar-refractivity contribution in [2.75, 3.05) is 11.9 Å². The Morgan fingerprint density at radius 1 is 1.12 bits per heavy atom. The van der Waals surface area contributed by atoms with Crippen LogP contribution in [0, 0.1) is 5.82 Å². The number of benzene rings is 2. The van der Waals surface area contributed by atoms with Gasteiger partial charge in [-0.1, -0.05) is 52.3 Å². The molecule has 1 amide bonds. The van der Waals surface area contributed by atoms with Gasteiger partial charge in [-0.05, 0) is 35.2 Å². The van der Waals surface area contributed by atoms with Crippen molar-refractivity contribution in [1.29, 1.82) is 0 Å². The van der Waals surface area contributed by atoms with E-state index in [1.165, 1.54) is 6.07 Å². The van der Waals surface area contributed by atoms with E-state index in [0.717, 1.165) is 10.4 Å². The van der Waals surface area contributed by atoms with E-state index in [9.17, 15) is 9.18 Å². The second kappa shape index (κ2) is 8.27. The van der Waals surface area contributed by atoms with Gasteiger partial charge in [0.25, 0.3) is 0 Å². The molecule has 2 N–H and O–H groups in total. The Kier molecular flexibility index (Phi) is 5.83. The average Bonchev–Trinajstić information content (AvgIpc) is 3.14. The Morgan fingerprint density at radius 3 is 2.60 bits per heavy atom. The van der Waals surface area contributed by atoms with Crippen LogP contribution in [-0.4, -0.2) is 12.5 Å². The number of rotatable bonds is 6. The highest BCUT2D eigenvalue weighted by atomic mass is 79.9. The summed E-state index contributed by atoms with van der Waals surface area (Å²) in [6.45, 7) is -0.00669. The number of carbonyl (C=O) groups excluding carboxylic acids is 1. The highest BCUT2D eigenvalue weighted by molar-refractivity contribution is 9.10. The molecule has 0 fully saturated rings. The molecule has 0 radical (unpaired) electrons. The maximum atomic E-state index is 13.8. The average molecular weight is 419 g/mol. The van der Waals surface area contributed by atoms with Gasteiger partial charge in [-0.25, -0.2) is 4.39 Å². The molecule has 0 bridgehead atoms. The zero-order valence-corrected chi connectivity index (χ0v) is 15.6. The van der Waals surface area contributed by atoms with Crippen LogP contribution in [0.25, 0.3) is 0 Å². The summed E-state index contributed by atoms with van der Waals surface area (Å²) in [5.74, 6) is -0.607. The largest absolute Gasteiger partial charge is 0.374 e. The van der Waals surface area contributed by atoms with Gasteiger partial charge in [0, 0.05) is 9.35 Å². The zero-order valence-electron chi connectivity index (χ0n) is 13.2. The first-order valence-corrected chi connectivity index (χ1v) is 9.37. The number of anilines is 1. The molecule has 0 unspecified atom stereocenters. The van der Waals surface area contributed by atoms with Crippen molar-refractivity contribution < 1.29 is 9.18 Å². The highest BCUT2D eigenvalue weighted by Gasteiger charge is 2.17. The van der Waals surface area contributed by atoms with Gasteiger partial charge in [0.15, 0.2) is 0 Å². The molecule has 1 atom stereocenters. The minimum atomic E-state index is -0.403. The van der Waals surface area contributed by atoms with E-state index < -0.39 is 5.82 Å². The van der Waals surface area contributed by atoms with Gasteiger partial charge < -0.3 is 10.6 Å². The van der Waals surface area contributed by atoms with Crippen LogP contribution in [0.3, 0.4) is 0 Å². The Hall–Kier alpha value is -2.18. The van der Waals surface area contributed by atoms with Crippen molar-refractivity contribution in [3.05, 3.63) is 86.8 Å². The van der Waals surface area contributed by atoms with Gasteiger partial charge in [0.05, 0.1) is 18.3 Å². The fourth-order valence-electron chi connectivity index (χ4n) is 2.44. The van der Waals surface area contributed by atoms with E-state index >= 15 is 0 Å². The number of thiophene rings is 1. The predicted octanol–water partition coefficient (Wildman–Crippen LogP) is 4.97. The van der Waals surface area contributed by atoms with Crippen molar-refractivity contribution in [3.8, 4) is 0 Å². The van der Waals surface area contributed by atoms with Crippen LogP contribution >= 0.6 is 27.3 Å². The molecule has 128 valence electrons. The van der Waals surface area contributed by atoms with Crippen molar-refractivity contribution in [3.63, 3.8) is 0 Å². The second-order valence-corrected chi connectivity index (χ2v) is 7.30. The lowest BCUT2D eigenvalue weighted by atomic mass is 10.1. The smallest absolute Gasteiger partial charge is 0.240 e. The third-order valence-corrected chi connectivity index (χ3v) is 5.07. The summed E-state index contributed by atoms with van der Waals surface area (Å²) in [5.41, 5.74) is 1.30. The van der Waals surface area contributed by atoms with Gasteiger partial charge >= 0.3 is 0 Å². The van der Waals surface area contributed by atoms with Crippen molar-refractivity contribution in [2.24, 2.45) is 0 Å². The van der Waals surface area contributed by atoms with E-state index in [0.29, 0.717) is 10.2 Å². The molecule has 2 aromatic carbocycles. The number of carbonyl (C=O) groups is 1. The van der Waals surface area contributed by atoms with E-state index in [1.807, 2.05) is 47.8 Å². The van der Waals surface area contributed by atoms with Crippen molar-refractivity contribution >= 4 is 38.9 Å².